The van der Waals surface area contributed by atoms with Gasteiger partial charge < -0.3 is 5.11 Å². The minimum atomic E-state index is -0.656. The van der Waals surface area contributed by atoms with Gasteiger partial charge in [-0.15, -0.1) is 0 Å². The van der Waals surface area contributed by atoms with Crippen LogP contribution in [-0.2, 0) is 4.79 Å². The van der Waals surface area contributed by atoms with E-state index in [-0.39, 0.29) is 0 Å². The van der Waals surface area contributed by atoms with Crippen molar-refractivity contribution >= 4 is 17.7 Å². The third-order valence-electron chi connectivity index (χ3n) is 2.87. The van der Waals surface area contributed by atoms with Crippen molar-refractivity contribution in [2.24, 2.45) is 5.92 Å². The molecule has 1 saturated carbocycles. The summed E-state index contributed by atoms with van der Waals surface area (Å²) < 4.78 is 0. The van der Waals surface area contributed by atoms with Gasteiger partial charge in [0.1, 0.15) is 0 Å². The summed E-state index contributed by atoms with van der Waals surface area (Å²) in [5.41, 5.74) is 0. The first-order chi connectivity index (χ1) is 6.24. The van der Waals surface area contributed by atoms with Crippen LogP contribution >= 0.6 is 11.8 Å². The fraction of sp³-hybridized carbons (Fsp3) is 0.900. The normalized spacial score (nSPS) is 20.4. The first-order valence-electron chi connectivity index (χ1n) is 4.98. The first kappa shape index (κ1) is 10.9. The molecule has 0 amide bonds. The fourth-order valence-corrected chi connectivity index (χ4v) is 3.15. The molecule has 1 aliphatic rings. The van der Waals surface area contributed by atoms with Crippen molar-refractivity contribution in [3.63, 3.8) is 0 Å². The van der Waals surface area contributed by atoms with Crippen LogP contribution < -0.4 is 0 Å². The molecule has 1 atom stereocenters. The van der Waals surface area contributed by atoms with E-state index in [1.54, 1.807) is 0 Å². The summed E-state index contributed by atoms with van der Waals surface area (Å²) in [6, 6.07) is 0. The zero-order chi connectivity index (χ0) is 9.68. The van der Waals surface area contributed by atoms with Gasteiger partial charge in [0.25, 0.3) is 0 Å². The summed E-state index contributed by atoms with van der Waals surface area (Å²) in [5.74, 6) is 0.131. The molecular weight excluding hydrogens is 184 g/mol. The van der Waals surface area contributed by atoms with Crippen LogP contribution in [0.5, 0.6) is 0 Å². The molecule has 0 spiro atoms. The number of hydrogen-bond donors (Lipinski definition) is 1. The van der Waals surface area contributed by atoms with Crippen molar-refractivity contribution in [2.45, 2.75) is 43.8 Å². The van der Waals surface area contributed by atoms with Crippen molar-refractivity contribution in [1.29, 1.82) is 0 Å². The summed E-state index contributed by atoms with van der Waals surface area (Å²) in [4.78, 5) is 10.4. The molecule has 76 valence electrons. The van der Waals surface area contributed by atoms with Crippen molar-refractivity contribution in [3.8, 4) is 0 Å². The lowest BCUT2D eigenvalue weighted by atomic mass is 10.00. The molecule has 13 heavy (non-hydrogen) atoms. The van der Waals surface area contributed by atoms with E-state index in [1.807, 2.05) is 11.8 Å². The Morgan fingerprint density at radius 2 is 2.15 bits per heavy atom. The topological polar surface area (TPSA) is 37.3 Å². The Labute approximate surface area is 84.1 Å². The highest BCUT2D eigenvalue weighted by molar-refractivity contribution is 7.99. The molecule has 1 N–H and O–H groups in total. The van der Waals surface area contributed by atoms with Gasteiger partial charge in [0.15, 0.2) is 0 Å². The highest BCUT2D eigenvalue weighted by Gasteiger charge is 2.24. The van der Waals surface area contributed by atoms with Gasteiger partial charge >= 0.3 is 5.97 Å². The second kappa shape index (κ2) is 5.53. The Morgan fingerprint density at radius 3 is 2.62 bits per heavy atom. The lowest BCUT2D eigenvalue weighted by molar-refractivity contribution is -0.137. The smallest absolute Gasteiger partial charge is 0.303 e. The Kier molecular flexibility index (Phi) is 4.64. The molecule has 0 saturated heterocycles. The average Bonchev–Trinajstić information content (AvgIpc) is 2.58. The van der Waals surface area contributed by atoms with E-state index in [1.165, 1.54) is 25.7 Å². The van der Waals surface area contributed by atoms with Gasteiger partial charge in [0, 0.05) is 11.7 Å². The second-order valence-corrected chi connectivity index (χ2v) is 4.83. The van der Waals surface area contributed by atoms with Crippen LogP contribution in [0.15, 0.2) is 0 Å². The summed E-state index contributed by atoms with van der Waals surface area (Å²) in [6.07, 6.45) is 8.59. The number of rotatable bonds is 5. The summed E-state index contributed by atoms with van der Waals surface area (Å²) in [6.45, 7) is 0. The highest BCUT2D eigenvalue weighted by Crippen LogP contribution is 2.35. The molecular formula is C10H18O2S. The van der Waals surface area contributed by atoms with Crippen LogP contribution in [0.4, 0.5) is 0 Å². The first-order valence-corrected chi connectivity index (χ1v) is 6.27. The molecule has 2 nitrogen and oxygen atoms in total. The van der Waals surface area contributed by atoms with Crippen LogP contribution in [0, 0.1) is 5.92 Å². The lowest BCUT2D eigenvalue weighted by Crippen LogP contribution is -2.15. The largest absolute Gasteiger partial charge is 0.481 e. The maximum Gasteiger partial charge on any atom is 0.303 e. The van der Waals surface area contributed by atoms with Gasteiger partial charge in [-0.25, -0.2) is 0 Å². The monoisotopic (exact) mass is 202 g/mol. The maximum atomic E-state index is 10.4. The number of carboxylic acids is 1. The number of carbonyl (C=O) groups is 1. The van der Waals surface area contributed by atoms with Crippen molar-refractivity contribution in [1.82, 2.24) is 0 Å². The van der Waals surface area contributed by atoms with E-state index < -0.39 is 5.97 Å². The molecule has 0 heterocycles. The van der Waals surface area contributed by atoms with Crippen molar-refractivity contribution < 1.29 is 9.90 Å². The van der Waals surface area contributed by atoms with E-state index in [4.69, 9.17) is 5.11 Å². The van der Waals surface area contributed by atoms with Crippen LogP contribution in [0.1, 0.15) is 38.5 Å². The quantitative estimate of drug-likeness (QED) is 0.745. The van der Waals surface area contributed by atoms with E-state index in [2.05, 4.69) is 6.26 Å². The van der Waals surface area contributed by atoms with Crippen LogP contribution in [0.2, 0.25) is 0 Å². The fourth-order valence-electron chi connectivity index (χ4n) is 2.14. The minimum absolute atomic E-state index is 0.335. The highest BCUT2D eigenvalue weighted by atomic mass is 32.2. The summed E-state index contributed by atoms with van der Waals surface area (Å²) in [5, 5.41) is 9.17. The van der Waals surface area contributed by atoms with Crippen molar-refractivity contribution in [3.05, 3.63) is 0 Å². The van der Waals surface area contributed by atoms with Gasteiger partial charge in [0.05, 0.1) is 0 Å². The minimum Gasteiger partial charge on any atom is -0.481 e. The molecule has 1 rings (SSSR count). The molecule has 0 aromatic heterocycles. The Bertz CT molecular complexity index is 164. The predicted octanol–water partition coefficient (Wildman–Crippen LogP) is 2.77. The van der Waals surface area contributed by atoms with Gasteiger partial charge in [-0.1, -0.05) is 12.8 Å². The Balaban J connectivity index is 2.28. The van der Waals surface area contributed by atoms with Gasteiger partial charge in [0.2, 0.25) is 0 Å². The zero-order valence-electron chi connectivity index (χ0n) is 8.16. The molecule has 0 radical (unpaired) electrons. The predicted molar refractivity (Wildman–Crippen MR) is 56.1 cm³/mol. The Hall–Kier alpha value is -0.180. The van der Waals surface area contributed by atoms with Gasteiger partial charge in [-0.05, 0) is 31.4 Å². The van der Waals surface area contributed by atoms with E-state index >= 15 is 0 Å². The van der Waals surface area contributed by atoms with E-state index in [9.17, 15) is 4.79 Å². The van der Waals surface area contributed by atoms with Crippen LogP contribution in [0.3, 0.4) is 0 Å². The summed E-state index contributed by atoms with van der Waals surface area (Å²) >= 11 is 1.85. The zero-order valence-corrected chi connectivity index (χ0v) is 8.98. The summed E-state index contributed by atoms with van der Waals surface area (Å²) in [7, 11) is 0. The van der Waals surface area contributed by atoms with Crippen molar-refractivity contribution in [2.75, 3.05) is 6.26 Å². The lowest BCUT2D eigenvalue weighted by Gasteiger charge is -2.20. The number of thioether (sulfide) groups is 1. The number of hydrogen-bond acceptors (Lipinski definition) is 2. The van der Waals surface area contributed by atoms with E-state index in [0.29, 0.717) is 11.7 Å². The molecule has 1 unspecified atom stereocenters. The van der Waals surface area contributed by atoms with Gasteiger partial charge in [-0.2, -0.15) is 11.8 Å². The van der Waals surface area contributed by atoms with E-state index in [0.717, 1.165) is 12.3 Å². The average molecular weight is 202 g/mol. The standard InChI is InChI=1S/C10H18O2S/c1-13-9(6-7-10(11)12)8-4-2-3-5-8/h8-9H,2-7H2,1H3,(H,11,12). The second-order valence-electron chi connectivity index (χ2n) is 3.75. The van der Waals surface area contributed by atoms with Gasteiger partial charge in [-0.3, -0.25) is 4.79 Å². The Morgan fingerprint density at radius 1 is 1.54 bits per heavy atom. The van der Waals surface area contributed by atoms with Crippen LogP contribution in [0.25, 0.3) is 0 Å². The van der Waals surface area contributed by atoms with Crippen LogP contribution in [-0.4, -0.2) is 22.6 Å². The molecule has 3 heteroatoms. The molecule has 0 aliphatic heterocycles. The molecule has 0 bridgehead atoms. The number of aliphatic carboxylic acids is 1. The third kappa shape index (κ3) is 3.59. The molecule has 1 aliphatic carbocycles. The number of carboxylic acid groups (broad SMARTS) is 1. The molecule has 0 aromatic rings. The molecule has 1 fully saturated rings. The third-order valence-corrected chi connectivity index (χ3v) is 4.10. The molecule has 0 aromatic carbocycles. The SMILES string of the molecule is CSC(CCC(=O)O)C1CCCC1. The maximum absolute atomic E-state index is 10.4.